The zero-order valence-electron chi connectivity index (χ0n) is 21.0. The molecule has 194 valence electrons. The molecule has 1 saturated heterocycles. The van der Waals surface area contributed by atoms with Crippen molar-refractivity contribution in [1.29, 1.82) is 0 Å². The monoisotopic (exact) mass is 523 g/mol. The van der Waals surface area contributed by atoms with E-state index in [9.17, 15) is 19.8 Å². The number of amidine groups is 1. The first-order valence-corrected chi connectivity index (χ1v) is 13.0. The molecule has 2 aromatic heterocycles. The van der Waals surface area contributed by atoms with Crippen molar-refractivity contribution >= 4 is 29.0 Å². The smallest absolute Gasteiger partial charge is 0.277 e. The quantitative estimate of drug-likeness (QED) is 0.448. The van der Waals surface area contributed by atoms with Crippen molar-refractivity contribution in [2.45, 2.75) is 57.7 Å². The van der Waals surface area contributed by atoms with Crippen LogP contribution in [0.2, 0.25) is 0 Å². The SMILES string of the molecule is Cc1ncsc1-c1ccc([C@]2(C)NC([C@H]3C[C@@H](O)CN3C(=O)C(c3cc(O)no3)C(C)C)=NC2=O)cc1. The molecule has 1 unspecified atom stereocenters. The molecule has 0 bridgehead atoms. The molecule has 2 amide bonds. The number of aromatic hydroxyl groups is 1. The number of β-amino-alcohol motifs (C(OH)–C–C–N with tert-alkyl or cyclic N) is 1. The van der Waals surface area contributed by atoms with Crippen LogP contribution < -0.4 is 5.32 Å². The molecule has 0 spiro atoms. The molecule has 11 heteroatoms. The molecule has 0 aliphatic carbocycles. The first-order chi connectivity index (χ1) is 17.6. The van der Waals surface area contributed by atoms with E-state index >= 15 is 0 Å². The number of rotatable bonds is 6. The Hall–Kier alpha value is -3.57. The van der Waals surface area contributed by atoms with Crippen molar-refractivity contribution in [1.82, 2.24) is 20.4 Å². The van der Waals surface area contributed by atoms with Crippen LogP contribution in [0.1, 0.15) is 50.1 Å². The van der Waals surface area contributed by atoms with Gasteiger partial charge in [0.25, 0.3) is 11.8 Å². The van der Waals surface area contributed by atoms with Gasteiger partial charge in [-0.2, -0.15) is 4.99 Å². The van der Waals surface area contributed by atoms with Crippen LogP contribution in [-0.4, -0.2) is 61.6 Å². The zero-order chi connectivity index (χ0) is 26.5. The summed E-state index contributed by atoms with van der Waals surface area (Å²) in [5.74, 6) is -1.23. The predicted octanol–water partition coefficient (Wildman–Crippen LogP) is 2.96. The lowest BCUT2D eigenvalue weighted by molar-refractivity contribution is -0.134. The van der Waals surface area contributed by atoms with E-state index in [0.717, 1.165) is 21.7 Å². The van der Waals surface area contributed by atoms with Gasteiger partial charge in [0, 0.05) is 19.0 Å². The maximum Gasteiger partial charge on any atom is 0.277 e. The number of nitrogens with zero attached hydrogens (tertiary/aromatic N) is 4. The van der Waals surface area contributed by atoms with Gasteiger partial charge < -0.3 is 25.0 Å². The maximum absolute atomic E-state index is 13.7. The Morgan fingerprint density at radius 1 is 1.30 bits per heavy atom. The van der Waals surface area contributed by atoms with Gasteiger partial charge in [-0.1, -0.05) is 38.1 Å². The summed E-state index contributed by atoms with van der Waals surface area (Å²) in [7, 11) is 0. The van der Waals surface area contributed by atoms with Crippen molar-refractivity contribution in [2.24, 2.45) is 10.9 Å². The molecule has 4 heterocycles. The minimum Gasteiger partial charge on any atom is -0.491 e. The van der Waals surface area contributed by atoms with Gasteiger partial charge in [0.05, 0.1) is 28.2 Å². The molecule has 3 aromatic rings. The predicted molar refractivity (Wildman–Crippen MR) is 137 cm³/mol. The molecule has 10 nitrogen and oxygen atoms in total. The third kappa shape index (κ3) is 4.42. The lowest BCUT2D eigenvalue weighted by Gasteiger charge is -2.31. The fourth-order valence-electron chi connectivity index (χ4n) is 5.10. The van der Waals surface area contributed by atoms with E-state index in [1.165, 1.54) is 11.0 Å². The van der Waals surface area contributed by atoms with Crippen LogP contribution in [-0.2, 0) is 15.1 Å². The minimum atomic E-state index is -1.10. The number of aromatic nitrogens is 2. The van der Waals surface area contributed by atoms with Gasteiger partial charge in [0.1, 0.15) is 17.3 Å². The highest BCUT2D eigenvalue weighted by atomic mass is 32.1. The number of aryl methyl sites for hydroxylation is 1. The average molecular weight is 524 g/mol. The van der Waals surface area contributed by atoms with Crippen molar-refractivity contribution in [3.63, 3.8) is 0 Å². The lowest BCUT2D eigenvalue weighted by atomic mass is 9.90. The van der Waals surface area contributed by atoms with Gasteiger partial charge in [-0.25, -0.2) is 4.98 Å². The van der Waals surface area contributed by atoms with E-state index in [1.54, 1.807) is 23.8 Å². The van der Waals surface area contributed by atoms with Crippen molar-refractivity contribution < 1.29 is 24.3 Å². The second-order valence-corrected chi connectivity index (χ2v) is 11.0. The van der Waals surface area contributed by atoms with E-state index in [1.807, 2.05) is 45.0 Å². The number of hydrogen-bond acceptors (Lipinski definition) is 9. The van der Waals surface area contributed by atoms with Gasteiger partial charge in [-0.05, 0) is 36.0 Å². The number of aliphatic hydroxyl groups is 1. The first kappa shape index (κ1) is 25.1. The summed E-state index contributed by atoms with van der Waals surface area (Å²) in [6.45, 7) is 7.56. The van der Waals surface area contributed by atoms with Crippen molar-refractivity contribution in [3.05, 3.63) is 52.9 Å². The summed E-state index contributed by atoms with van der Waals surface area (Å²) in [5, 5.41) is 26.9. The molecule has 37 heavy (non-hydrogen) atoms. The van der Waals surface area contributed by atoms with Gasteiger partial charge in [0.15, 0.2) is 5.76 Å². The molecular weight excluding hydrogens is 494 g/mol. The largest absolute Gasteiger partial charge is 0.491 e. The number of amides is 2. The summed E-state index contributed by atoms with van der Waals surface area (Å²) in [6.07, 6.45) is -0.518. The number of benzene rings is 1. The maximum atomic E-state index is 13.7. The Labute approximate surface area is 218 Å². The molecule has 0 saturated carbocycles. The highest BCUT2D eigenvalue weighted by Gasteiger charge is 2.48. The second kappa shape index (κ2) is 9.38. The summed E-state index contributed by atoms with van der Waals surface area (Å²) in [6, 6.07) is 8.44. The molecular formula is C26H29N5O5S. The van der Waals surface area contributed by atoms with Crippen molar-refractivity contribution in [2.75, 3.05) is 6.54 Å². The molecule has 4 atom stereocenters. The van der Waals surface area contributed by atoms with E-state index in [-0.39, 0.29) is 42.3 Å². The van der Waals surface area contributed by atoms with Gasteiger partial charge in [-0.3, -0.25) is 9.59 Å². The highest BCUT2D eigenvalue weighted by molar-refractivity contribution is 7.13. The van der Waals surface area contributed by atoms with E-state index in [2.05, 4.69) is 20.4 Å². The molecule has 1 fully saturated rings. The number of carbonyl (C=O) groups excluding carboxylic acids is 2. The average Bonchev–Trinajstić information content (AvgIpc) is 3.62. The first-order valence-electron chi connectivity index (χ1n) is 12.1. The zero-order valence-corrected chi connectivity index (χ0v) is 21.8. The molecule has 2 aliphatic heterocycles. The topological polar surface area (TPSA) is 141 Å². The van der Waals surface area contributed by atoms with Crippen molar-refractivity contribution in [3.8, 4) is 16.3 Å². The number of nitrogens with one attached hydrogen (secondary N) is 1. The van der Waals surface area contributed by atoms with E-state index in [4.69, 9.17) is 4.52 Å². The highest BCUT2D eigenvalue weighted by Crippen LogP contribution is 2.35. The Balaban J connectivity index is 1.39. The number of aliphatic imine (C=N–C) groups is 1. The summed E-state index contributed by atoms with van der Waals surface area (Å²) in [5.41, 5.74) is 3.42. The third-order valence-electron chi connectivity index (χ3n) is 7.13. The number of aliphatic hydroxyl groups excluding tert-OH is 1. The van der Waals surface area contributed by atoms with Crippen LogP contribution in [0.3, 0.4) is 0 Å². The summed E-state index contributed by atoms with van der Waals surface area (Å²) in [4.78, 5) is 38.1. The van der Waals surface area contributed by atoms with Crippen LogP contribution in [0.25, 0.3) is 10.4 Å². The van der Waals surface area contributed by atoms with Crippen LogP contribution in [0.5, 0.6) is 5.88 Å². The number of thiazole rings is 1. The summed E-state index contributed by atoms with van der Waals surface area (Å²) < 4.78 is 5.19. The van der Waals surface area contributed by atoms with Gasteiger partial charge in [-0.15, -0.1) is 11.3 Å². The minimum absolute atomic E-state index is 0.0986. The summed E-state index contributed by atoms with van der Waals surface area (Å²) >= 11 is 1.56. The molecule has 0 radical (unpaired) electrons. The molecule has 2 aliphatic rings. The van der Waals surface area contributed by atoms with Crippen LogP contribution >= 0.6 is 11.3 Å². The van der Waals surface area contributed by atoms with Crippen LogP contribution in [0, 0.1) is 12.8 Å². The fraction of sp³-hybridized carbons (Fsp3) is 0.423. The van der Waals surface area contributed by atoms with Gasteiger partial charge >= 0.3 is 0 Å². The van der Waals surface area contributed by atoms with Gasteiger partial charge in [0.2, 0.25) is 5.91 Å². The lowest BCUT2D eigenvalue weighted by Crippen LogP contribution is -2.51. The fourth-order valence-corrected chi connectivity index (χ4v) is 5.91. The second-order valence-electron chi connectivity index (χ2n) is 10.1. The Kier molecular flexibility index (Phi) is 6.36. The number of hydrogen-bond donors (Lipinski definition) is 3. The van der Waals surface area contributed by atoms with Crippen LogP contribution in [0.15, 0.2) is 45.4 Å². The Morgan fingerprint density at radius 2 is 2.03 bits per heavy atom. The van der Waals surface area contributed by atoms with E-state index in [0.29, 0.717) is 5.84 Å². The molecule has 1 aromatic carbocycles. The molecule has 3 N–H and O–H groups in total. The standard InChI is InChI=1S/C26H29N5O5S/c1-13(2)21(19-10-20(33)30-36-19)24(34)31-11-17(32)9-18(31)23-28-25(35)26(4,29-23)16-7-5-15(6-8-16)22-14(3)27-12-37-22/h5-8,10,12-13,17-18,21,32H,9,11H2,1-4H3,(H,30,33)(H,28,29,35)/t17-,18-,21?,26+/m1/s1. The molecule has 5 rings (SSSR count). The number of carbonyl (C=O) groups is 2. The third-order valence-corrected chi connectivity index (χ3v) is 8.11. The Bertz CT molecular complexity index is 1360. The van der Waals surface area contributed by atoms with Crippen LogP contribution in [0.4, 0.5) is 0 Å². The normalized spacial score (nSPS) is 24.4. The number of likely N-dealkylation sites (tertiary alicyclic amines) is 1. The van der Waals surface area contributed by atoms with E-state index < -0.39 is 23.6 Å². The Morgan fingerprint density at radius 3 is 2.62 bits per heavy atom.